The Labute approximate surface area is 123 Å². The van der Waals surface area contributed by atoms with Crippen molar-refractivity contribution in [2.45, 2.75) is 31.7 Å². The molecule has 0 aliphatic carbocycles. The standard InChI is InChI=1S/C16H20N2O3/c19-15(20)9-13-5-3-7-18(13)16(21)12-8-11-4-1-2-6-14(11)17-10-12/h1-2,4,6,12-13,17H,3,5,7-10H2,(H,19,20). The molecular formula is C16H20N2O3. The van der Waals surface area contributed by atoms with Gasteiger partial charge in [-0.25, -0.2) is 0 Å². The van der Waals surface area contributed by atoms with Crippen LogP contribution in [0.5, 0.6) is 0 Å². The number of hydrogen-bond acceptors (Lipinski definition) is 3. The number of likely N-dealkylation sites (tertiary alicyclic amines) is 1. The normalized spacial score (nSPS) is 24.3. The van der Waals surface area contributed by atoms with Crippen LogP contribution in [0.3, 0.4) is 0 Å². The molecule has 2 aliphatic heterocycles. The minimum Gasteiger partial charge on any atom is -0.481 e. The van der Waals surface area contributed by atoms with Gasteiger partial charge in [0.05, 0.1) is 12.3 Å². The zero-order valence-corrected chi connectivity index (χ0v) is 11.9. The number of benzene rings is 1. The Kier molecular flexibility index (Phi) is 3.82. The smallest absolute Gasteiger partial charge is 0.305 e. The first kappa shape index (κ1) is 13.9. The predicted molar refractivity (Wildman–Crippen MR) is 79.1 cm³/mol. The van der Waals surface area contributed by atoms with Gasteiger partial charge in [0.15, 0.2) is 0 Å². The van der Waals surface area contributed by atoms with Gasteiger partial charge in [0, 0.05) is 24.8 Å². The summed E-state index contributed by atoms with van der Waals surface area (Å²) < 4.78 is 0. The topological polar surface area (TPSA) is 69.6 Å². The van der Waals surface area contributed by atoms with Gasteiger partial charge in [-0.2, -0.15) is 0 Å². The van der Waals surface area contributed by atoms with Crippen LogP contribution in [0, 0.1) is 5.92 Å². The number of carbonyl (C=O) groups excluding carboxylic acids is 1. The maximum absolute atomic E-state index is 12.7. The molecule has 1 amide bonds. The van der Waals surface area contributed by atoms with E-state index in [1.54, 1.807) is 4.90 Å². The van der Waals surface area contributed by atoms with Crippen molar-refractivity contribution in [1.29, 1.82) is 0 Å². The molecule has 2 N–H and O–H groups in total. The summed E-state index contributed by atoms with van der Waals surface area (Å²) in [7, 11) is 0. The van der Waals surface area contributed by atoms with Gasteiger partial charge in [-0.1, -0.05) is 18.2 Å². The summed E-state index contributed by atoms with van der Waals surface area (Å²) in [4.78, 5) is 25.4. The second-order valence-electron chi connectivity index (χ2n) is 5.86. The van der Waals surface area contributed by atoms with E-state index in [4.69, 9.17) is 5.11 Å². The van der Waals surface area contributed by atoms with Crippen molar-refractivity contribution in [3.05, 3.63) is 29.8 Å². The number of carboxylic acids is 1. The van der Waals surface area contributed by atoms with E-state index in [2.05, 4.69) is 5.32 Å². The first-order chi connectivity index (χ1) is 10.1. The third-order valence-corrected chi connectivity index (χ3v) is 4.44. The highest BCUT2D eigenvalue weighted by Crippen LogP contribution is 2.28. The molecule has 0 spiro atoms. The molecular weight excluding hydrogens is 268 g/mol. The first-order valence-electron chi connectivity index (χ1n) is 7.49. The van der Waals surface area contributed by atoms with Gasteiger partial charge in [0.1, 0.15) is 0 Å². The molecule has 2 heterocycles. The zero-order chi connectivity index (χ0) is 14.8. The molecule has 0 bridgehead atoms. The van der Waals surface area contributed by atoms with Crippen molar-refractivity contribution in [3.8, 4) is 0 Å². The van der Waals surface area contributed by atoms with Crippen molar-refractivity contribution in [3.63, 3.8) is 0 Å². The number of anilines is 1. The lowest BCUT2D eigenvalue weighted by atomic mass is 9.92. The zero-order valence-electron chi connectivity index (χ0n) is 11.9. The summed E-state index contributed by atoms with van der Waals surface area (Å²) in [5.41, 5.74) is 2.26. The Morgan fingerprint density at radius 1 is 1.33 bits per heavy atom. The highest BCUT2D eigenvalue weighted by atomic mass is 16.4. The van der Waals surface area contributed by atoms with E-state index in [0.717, 1.165) is 30.5 Å². The number of fused-ring (bicyclic) bond motifs is 1. The molecule has 5 heteroatoms. The molecule has 0 aromatic heterocycles. The second-order valence-corrected chi connectivity index (χ2v) is 5.86. The fraction of sp³-hybridized carbons (Fsp3) is 0.500. The van der Waals surface area contributed by atoms with Crippen molar-refractivity contribution in [2.75, 3.05) is 18.4 Å². The lowest BCUT2D eigenvalue weighted by Gasteiger charge is -2.31. The van der Waals surface area contributed by atoms with Crippen LogP contribution in [-0.2, 0) is 16.0 Å². The maximum Gasteiger partial charge on any atom is 0.305 e. The molecule has 5 nitrogen and oxygen atoms in total. The number of aliphatic carboxylic acids is 1. The van der Waals surface area contributed by atoms with Crippen LogP contribution in [-0.4, -0.2) is 41.0 Å². The summed E-state index contributed by atoms with van der Waals surface area (Å²) in [6, 6.07) is 7.90. The summed E-state index contributed by atoms with van der Waals surface area (Å²) in [6.07, 6.45) is 2.50. The number of carbonyl (C=O) groups is 2. The van der Waals surface area contributed by atoms with E-state index >= 15 is 0 Å². The fourth-order valence-corrected chi connectivity index (χ4v) is 3.39. The summed E-state index contributed by atoms with van der Waals surface area (Å²) in [6.45, 7) is 1.32. The minimum absolute atomic E-state index is 0.0580. The predicted octanol–water partition coefficient (Wildman–Crippen LogP) is 1.74. The average Bonchev–Trinajstić information content (AvgIpc) is 2.93. The highest BCUT2D eigenvalue weighted by Gasteiger charge is 2.35. The SMILES string of the molecule is O=C(O)CC1CCCN1C(=O)C1CNc2ccccc2C1. The van der Waals surface area contributed by atoms with E-state index in [1.165, 1.54) is 0 Å². The Balaban J connectivity index is 1.70. The molecule has 1 saturated heterocycles. The van der Waals surface area contributed by atoms with Crippen molar-refractivity contribution in [2.24, 2.45) is 5.92 Å². The van der Waals surface area contributed by atoms with Gasteiger partial charge in [-0.05, 0) is 30.9 Å². The van der Waals surface area contributed by atoms with Crippen LogP contribution in [0.25, 0.3) is 0 Å². The monoisotopic (exact) mass is 288 g/mol. The Morgan fingerprint density at radius 2 is 2.14 bits per heavy atom. The summed E-state index contributed by atoms with van der Waals surface area (Å²) >= 11 is 0. The van der Waals surface area contributed by atoms with Crippen LogP contribution < -0.4 is 5.32 Å². The van der Waals surface area contributed by atoms with E-state index in [9.17, 15) is 9.59 Å². The largest absolute Gasteiger partial charge is 0.481 e. The highest BCUT2D eigenvalue weighted by molar-refractivity contribution is 5.82. The molecule has 2 unspecified atom stereocenters. The first-order valence-corrected chi connectivity index (χ1v) is 7.49. The Morgan fingerprint density at radius 3 is 2.95 bits per heavy atom. The fourth-order valence-electron chi connectivity index (χ4n) is 3.39. The summed E-state index contributed by atoms with van der Waals surface area (Å²) in [5, 5.41) is 12.3. The lowest BCUT2D eigenvalue weighted by Crippen LogP contribution is -2.44. The number of nitrogens with one attached hydrogen (secondary N) is 1. The number of carboxylic acid groups (broad SMARTS) is 1. The quantitative estimate of drug-likeness (QED) is 0.889. The molecule has 1 aromatic rings. The molecule has 112 valence electrons. The molecule has 2 atom stereocenters. The number of para-hydroxylation sites is 1. The Hall–Kier alpha value is -2.04. The molecule has 1 fully saturated rings. The van der Waals surface area contributed by atoms with E-state index < -0.39 is 5.97 Å². The molecule has 2 aliphatic rings. The molecule has 0 saturated carbocycles. The van der Waals surface area contributed by atoms with Gasteiger partial charge in [0.2, 0.25) is 5.91 Å². The van der Waals surface area contributed by atoms with Crippen LogP contribution in [0.4, 0.5) is 5.69 Å². The van der Waals surface area contributed by atoms with Gasteiger partial charge in [-0.15, -0.1) is 0 Å². The van der Waals surface area contributed by atoms with E-state index in [0.29, 0.717) is 13.1 Å². The van der Waals surface area contributed by atoms with Gasteiger partial charge in [-0.3, -0.25) is 9.59 Å². The number of hydrogen-bond donors (Lipinski definition) is 2. The molecule has 3 rings (SSSR count). The third kappa shape index (κ3) is 2.86. The van der Waals surface area contributed by atoms with Crippen LogP contribution in [0.1, 0.15) is 24.8 Å². The number of rotatable bonds is 3. The van der Waals surface area contributed by atoms with Crippen LogP contribution in [0.15, 0.2) is 24.3 Å². The van der Waals surface area contributed by atoms with Gasteiger partial charge in [0.25, 0.3) is 0 Å². The second kappa shape index (κ2) is 5.76. The molecule has 0 radical (unpaired) electrons. The molecule has 21 heavy (non-hydrogen) atoms. The van der Waals surface area contributed by atoms with Crippen molar-refractivity contribution in [1.82, 2.24) is 4.90 Å². The van der Waals surface area contributed by atoms with Crippen LogP contribution >= 0.6 is 0 Å². The minimum atomic E-state index is -0.827. The number of nitrogens with zero attached hydrogens (tertiary/aromatic N) is 1. The maximum atomic E-state index is 12.7. The van der Waals surface area contributed by atoms with Crippen LogP contribution in [0.2, 0.25) is 0 Å². The van der Waals surface area contributed by atoms with E-state index in [1.807, 2.05) is 24.3 Å². The summed E-state index contributed by atoms with van der Waals surface area (Å²) in [5.74, 6) is -0.818. The van der Waals surface area contributed by atoms with E-state index in [-0.39, 0.29) is 24.3 Å². The number of amides is 1. The van der Waals surface area contributed by atoms with Crippen molar-refractivity contribution < 1.29 is 14.7 Å². The van der Waals surface area contributed by atoms with Gasteiger partial charge >= 0.3 is 5.97 Å². The lowest BCUT2D eigenvalue weighted by molar-refractivity contribution is -0.141. The average molecular weight is 288 g/mol. The van der Waals surface area contributed by atoms with Gasteiger partial charge < -0.3 is 15.3 Å². The Bertz CT molecular complexity index is 558. The third-order valence-electron chi connectivity index (χ3n) is 4.44. The van der Waals surface area contributed by atoms with Crippen molar-refractivity contribution >= 4 is 17.6 Å². The molecule has 1 aromatic carbocycles.